The molecule has 6 nitrogen and oxygen atoms in total. The fourth-order valence-corrected chi connectivity index (χ4v) is 5.07. The maximum Gasteiger partial charge on any atom is 0.119 e. The molecule has 8 rings (SSSR count). The summed E-state index contributed by atoms with van der Waals surface area (Å²) in [5, 5.41) is 1.20. The number of aromatic amines is 1. The Morgan fingerprint density at radius 1 is 0.595 bits per heavy atom. The van der Waals surface area contributed by atoms with Crippen LogP contribution in [0.1, 0.15) is 22.8 Å². The van der Waals surface area contributed by atoms with Crippen molar-refractivity contribution >= 4 is 57.3 Å². The fraction of sp³-hybridized carbons (Fsp3) is 0.0278. The first kappa shape index (κ1) is 25.2. The minimum absolute atomic E-state index is 0.828. The molecule has 42 heavy (non-hydrogen) atoms. The van der Waals surface area contributed by atoms with Crippen molar-refractivity contribution in [3.63, 3.8) is 0 Å². The molecule has 202 valence electrons. The van der Waals surface area contributed by atoms with Crippen molar-refractivity contribution < 1.29 is 4.74 Å². The first-order chi connectivity index (χ1) is 20.7. The average Bonchev–Trinajstić information content (AvgIpc) is 3.84. The van der Waals surface area contributed by atoms with Gasteiger partial charge in [0.2, 0.25) is 0 Å². The molecule has 0 saturated heterocycles. The lowest BCUT2D eigenvalue weighted by Gasteiger charge is -2.08. The molecular formula is C36H27N5O. The summed E-state index contributed by atoms with van der Waals surface area (Å²) in [6.07, 6.45) is 9.96. The molecule has 0 amide bonds. The number of hydrogen-bond donors (Lipinski definition) is 1. The minimum atomic E-state index is 0.828. The number of benzene rings is 2. The van der Waals surface area contributed by atoms with Crippen LogP contribution in [0, 0.1) is 0 Å². The standard InChI is InChI=1S/C27H20N4O.C9H7N/c1-32-27-12-10-24(11-13-27)31-25-8-9-26(31)17-23-7-5-21(30-23)15-19-3-2-18(28-19)14-20-4-6-22(16-25)29-20;1-2-6-9-8(4-1)5-3-7-10-9/h2-17,28H,1H3;1-7H. The first-order valence-corrected chi connectivity index (χ1v) is 13.7. The van der Waals surface area contributed by atoms with Crippen molar-refractivity contribution in [1.29, 1.82) is 0 Å². The topological polar surface area (TPSA) is 68.6 Å². The number of ether oxygens (including phenoxy) is 1. The Labute approximate surface area is 243 Å². The Morgan fingerprint density at radius 2 is 1.17 bits per heavy atom. The third-order valence-electron chi connectivity index (χ3n) is 7.08. The van der Waals surface area contributed by atoms with Crippen LogP contribution >= 0.6 is 0 Å². The van der Waals surface area contributed by atoms with Crippen LogP contribution in [0.5, 0.6) is 5.75 Å². The minimum Gasteiger partial charge on any atom is -0.497 e. The highest BCUT2D eigenvalue weighted by molar-refractivity contribution is 5.79. The molecule has 0 atom stereocenters. The van der Waals surface area contributed by atoms with Gasteiger partial charge in [0.05, 0.1) is 35.4 Å². The number of nitrogens with zero attached hydrogens (tertiary/aromatic N) is 4. The monoisotopic (exact) mass is 545 g/mol. The van der Waals surface area contributed by atoms with E-state index >= 15 is 0 Å². The van der Waals surface area contributed by atoms with Gasteiger partial charge in [0.25, 0.3) is 0 Å². The Kier molecular flexibility index (Phi) is 6.62. The van der Waals surface area contributed by atoms with Crippen LogP contribution in [-0.4, -0.2) is 31.6 Å². The van der Waals surface area contributed by atoms with Crippen LogP contribution in [0.2, 0.25) is 0 Å². The molecule has 2 aromatic carbocycles. The number of para-hydroxylation sites is 1. The van der Waals surface area contributed by atoms with E-state index in [0.717, 1.165) is 61.8 Å². The molecule has 0 unspecified atom stereocenters. The second-order valence-corrected chi connectivity index (χ2v) is 9.95. The third kappa shape index (κ3) is 5.33. The molecule has 0 fully saturated rings. The summed E-state index contributed by atoms with van der Waals surface area (Å²) in [5.74, 6) is 0.828. The largest absolute Gasteiger partial charge is 0.497 e. The number of aromatic nitrogens is 5. The summed E-state index contributed by atoms with van der Waals surface area (Å²) in [7, 11) is 1.68. The molecule has 0 spiro atoms. The van der Waals surface area contributed by atoms with Gasteiger partial charge in [0.15, 0.2) is 0 Å². The zero-order valence-electron chi connectivity index (χ0n) is 23.0. The van der Waals surface area contributed by atoms with Crippen LogP contribution in [0.4, 0.5) is 0 Å². The van der Waals surface area contributed by atoms with Crippen molar-refractivity contribution in [2.75, 3.05) is 7.11 Å². The lowest BCUT2D eigenvalue weighted by atomic mass is 10.2. The molecule has 2 aliphatic rings. The average molecular weight is 546 g/mol. The van der Waals surface area contributed by atoms with Gasteiger partial charge in [0, 0.05) is 39.3 Å². The lowest BCUT2D eigenvalue weighted by molar-refractivity contribution is 0.415. The van der Waals surface area contributed by atoms with E-state index in [-0.39, 0.29) is 0 Å². The molecule has 1 N–H and O–H groups in total. The van der Waals surface area contributed by atoms with E-state index in [2.05, 4.69) is 75.2 Å². The number of nitrogens with one attached hydrogen (secondary N) is 1. The maximum absolute atomic E-state index is 5.34. The smallest absolute Gasteiger partial charge is 0.119 e. The number of hydrogen-bond acceptors (Lipinski definition) is 4. The molecule has 0 saturated carbocycles. The normalized spacial score (nSPS) is 11.7. The third-order valence-corrected chi connectivity index (χ3v) is 7.08. The summed E-state index contributed by atoms with van der Waals surface area (Å²) in [6.45, 7) is 0. The Balaban J connectivity index is 0.000000243. The van der Waals surface area contributed by atoms with Gasteiger partial charge >= 0.3 is 0 Å². The van der Waals surface area contributed by atoms with Gasteiger partial charge in [-0.3, -0.25) is 4.98 Å². The highest BCUT2D eigenvalue weighted by atomic mass is 16.5. The van der Waals surface area contributed by atoms with Crippen LogP contribution < -0.4 is 4.74 Å². The van der Waals surface area contributed by atoms with E-state index in [9.17, 15) is 0 Å². The van der Waals surface area contributed by atoms with Gasteiger partial charge in [-0.05, 0) is 109 Å². The molecular weight excluding hydrogens is 518 g/mol. The summed E-state index contributed by atoms with van der Waals surface area (Å²) >= 11 is 0. The van der Waals surface area contributed by atoms with Gasteiger partial charge in [0.1, 0.15) is 5.75 Å². The fourth-order valence-electron chi connectivity index (χ4n) is 5.07. The van der Waals surface area contributed by atoms with Gasteiger partial charge in [-0.2, -0.15) is 0 Å². The number of rotatable bonds is 2. The molecule has 2 aliphatic heterocycles. The number of methoxy groups -OCH3 is 1. The van der Waals surface area contributed by atoms with Crippen molar-refractivity contribution in [1.82, 2.24) is 24.5 Å². The van der Waals surface area contributed by atoms with Crippen LogP contribution in [-0.2, 0) is 0 Å². The first-order valence-electron chi connectivity index (χ1n) is 13.7. The van der Waals surface area contributed by atoms with Gasteiger partial charge in [-0.1, -0.05) is 24.3 Å². The van der Waals surface area contributed by atoms with Gasteiger partial charge in [-0.25, -0.2) is 9.97 Å². The van der Waals surface area contributed by atoms with Crippen molar-refractivity contribution in [3.8, 4) is 11.4 Å². The SMILES string of the molecule is COc1ccc(-n2c3ccc2cc2nc(cc4ccc(cc5nc(c3)C=C5)[nH]4)C=C2)cc1.c1ccc2ncccc2c1. The zero-order valence-corrected chi connectivity index (χ0v) is 23.0. The van der Waals surface area contributed by atoms with Crippen LogP contribution in [0.25, 0.3) is 63.0 Å². The van der Waals surface area contributed by atoms with Crippen molar-refractivity contribution in [3.05, 3.63) is 138 Å². The predicted molar refractivity (Wildman–Crippen MR) is 172 cm³/mol. The number of H-pyrrole nitrogens is 1. The second-order valence-electron chi connectivity index (χ2n) is 9.95. The quantitative estimate of drug-likeness (QED) is 0.237. The molecule has 8 bridgehead atoms. The van der Waals surface area contributed by atoms with Crippen LogP contribution in [0.3, 0.4) is 0 Å². The van der Waals surface area contributed by atoms with Crippen molar-refractivity contribution in [2.24, 2.45) is 0 Å². The molecule has 0 aliphatic carbocycles. The molecule has 6 heteroatoms. The summed E-state index contributed by atoms with van der Waals surface area (Å²) < 4.78 is 7.55. The summed E-state index contributed by atoms with van der Waals surface area (Å²) in [6, 6.07) is 36.8. The summed E-state index contributed by atoms with van der Waals surface area (Å²) in [4.78, 5) is 17.2. The van der Waals surface area contributed by atoms with E-state index in [1.165, 1.54) is 5.39 Å². The van der Waals surface area contributed by atoms with Gasteiger partial charge in [-0.15, -0.1) is 0 Å². The van der Waals surface area contributed by atoms with Gasteiger partial charge < -0.3 is 14.3 Å². The van der Waals surface area contributed by atoms with E-state index in [4.69, 9.17) is 14.7 Å². The van der Waals surface area contributed by atoms with E-state index < -0.39 is 0 Å². The van der Waals surface area contributed by atoms with E-state index in [0.29, 0.717) is 0 Å². The van der Waals surface area contributed by atoms with E-state index in [1.807, 2.05) is 79.0 Å². The molecule has 0 radical (unpaired) electrons. The zero-order chi connectivity index (χ0) is 28.3. The van der Waals surface area contributed by atoms with Crippen molar-refractivity contribution in [2.45, 2.75) is 0 Å². The number of fused-ring (bicyclic) bond motifs is 9. The lowest BCUT2D eigenvalue weighted by Crippen LogP contribution is -1.94. The Bertz CT molecular complexity index is 1980. The predicted octanol–water partition coefficient (Wildman–Crippen LogP) is 8.36. The molecule has 4 aromatic heterocycles. The molecule has 6 aromatic rings. The maximum atomic E-state index is 5.34. The molecule has 6 heterocycles. The second kappa shape index (κ2) is 11.0. The Morgan fingerprint density at radius 3 is 1.76 bits per heavy atom. The highest BCUT2D eigenvalue weighted by Gasteiger charge is 2.07. The summed E-state index contributed by atoms with van der Waals surface area (Å²) in [5.41, 5.74) is 9.86. The highest BCUT2D eigenvalue weighted by Crippen LogP contribution is 2.24. The van der Waals surface area contributed by atoms with E-state index in [1.54, 1.807) is 7.11 Å². The van der Waals surface area contributed by atoms with Crippen LogP contribution in [0.15, 0.2) is 115 Å². The Hall–Kier alpha value is -5.75. The number of pyridine rings is 1.